The molecule has 0 aromatic heterocycles. The van der Waals surface area contributed by atoms with Gasteiger partial charge in [0.15, 0.2) is 5.11 Å². The number of nitrogens with zero attached hydrogens (tertiary/aromatic N) is 2. The summed E-state index contributed by atoms with van der Waals surface area (Å²) < 4.78 is 5.32. The fraction of sp³-hybridized carbons (Fsp3) is 0.500. The van der Waals surface area contributed by atoms with Crippen LogP contribution in [0.3, 0.4) is 0 Å². The molecule has 0 unspecified atom stereocenters. The maximum Gasteiger partial charge on any atom is 0.186 e. The quantitative estimate of drug-likeness (QED) is 0.293. The molecule has 1 aromatic rings. The fourth-order valence-electron chi connectivity index (χ4n) is 2.41. The molecular weight excluding hydrogens is 383 g/mol. The molecule has 0 amide bonds. The predicted molar refractivity (Wildman–Crippen MR) is 106 cm³/mol. The number of phenols is 1. The topological polar surface area (TPSA) is 69.1 Å². The van der Waals surface area contributed by atoms with Gasteiger partial charge in [-0.3, -0.25) is 10.3 Å². The number of morpholine rings is 1. The van der Waals surface area contributed by atoms with Gasteiger partial charge < -0.3 is 15.2 Å². The van der Waals surface area contributed by atoms with Crippen LogP contribution < -0.4 is 10.7 Å². The minimum atomic E-state index is -0.0569. The van der Waals surface area contributed by atoms with Gasteiger partial charge in [0.1, 0.15) is 5.75 Å². The van der Waals surface area contributed by atoms with Gasteiger partial charge in [0.2, 0.25) is 0 Å². The van der Waals surface area contributed by atoms with Gasteiger partial charge in [-0.15, -0.1) is 0 Å². The van der Waals surface area contributed by atoms with Crippen LogP contribution in [0.5, 0.6) is 5.75 Å². The van der Waals surface area contributed by atoms with Gasteiger partial charge in [-0.1, -0.05) is 23.2 Å². The normalized spacial score (nSPS) is 15.9. The van der Waals surface area contributed by atoms with Gasteiger partial charge >= 0.3 is 0 Å². The average molecular weight is 405 g/mol. The monoisotopic (exact) mass is 404 g/mol. The van der Waals surface area contributed by atoms with Crippen molar-refractivity contribution in [2.75, 3.05) is 39.4 Å². The minimum Gasteiger partial charge on any atom is -0.506 e. The summed E-state index contributed by atoms with van der Waals surface area (Å²) in [5.74, 6) is -0.0569. The molecule has 0 saturated carbocycles. The molecule has 138 valence electrons. The van der Waals surface area contributed by atoms with Crippen LogP contribution in [0.4, 0.5) is 0 Å². The molecule has 0 bridgehead atoms. The zero-order valence-electron chi connectivity index (χ0n) is 14.0. The van der Waals surface area contributed by atoms with Gasteiger partial charge in [0.25, 0.3) is 0 Å². The van der Waals surface area contributed by atoms with E-state index in [1.165, 1.54) is 6.07 Å². The Kier molecular flexibility index (Phi) is 8.18. The molecule has 3 N–H and O–H groups in total. The maximum atomic E-state index is 9.99. The van der Waals surface area contributed by atoms with Crippen LogP contribution in [-0.4, -0.2) is 60.2 Å². The van der Waals surface area contributed by atoms with Crippen LogP contribution in [0, 0.1) is 0 Å². The van der Waals surface area contributed by atoms with E-state index >= 15 is 0 Å². The highest BCUT2D eigenvalue weighted by Crippen LogP contribution is 2.31. The largest absolute Gasteiger partial charge is 0.506 e. The molecule has 6 nitrogen and oxygen atoms in total. The lowest BCUT2D eigenvalue weighted by molar-refractivity contribution is 0.0376. The third-order valence-corrected chi connectivity index (χ3v) is 4.53. The van der Waals surface area contributed by atoms with E-state index < -0.39 is 0 Å². The second-order valence-corrected chi connectivity index (χ2v) is 6.91. The SMILES string of the molecule is C/C(=N\NC(=S)NCCCN1CCOCC1)c1cc(Cl)cc(Cl)c1O. The van der Waals surface area contributed by atoms with Crippen molar-refractivity contribution >= 4 is 46.2 Å². The number of thiocarbonyl (C=S) groups is 1. The Bertz CT molecular complexity index is 637. The Morgan fingerprint density at radius 2 is 2.08 bits per heavy atom. The van der Waals surface area contributed by atoms with Gasteiger partial charge in [0.05, 0.1) is 23.9 Å². The molecule has 1 heterocycles. The van der Waals surface area contributed by atoms with Crippen LogP contribution >= 0.6 is 35.4 Å². The first-order valence-corrected chi connectivity index (χ1v) is 9.20. The molecule has 0 spiro atoms. The Morgan fingerprint density at radius 1 is 1.36 bits per heavy atom. The number of halogens is 2. The minimum absolute atomic E-state index is 0.0569. The third kappa shape index (κ3) is 6.60. The van der Waals surface area contributed by atoms with Gasteiger partial charge in [-0.05, 0) is 44.2 Å². The molecule has 1 aliphatic rings. The zero-order chi connectivity index (χ0) is 18.2. The molecule has 2 rings (SSSR count). The summed E-state index contributed by atoms with van der Waals surface area (Å²) in [4.78, 5) is 2.37. The number of aromatic hydroxyl groups is 1. The van der Waals surface area contributed by atoms with E-state index in [9.17, 15) is 5.11 Å². The van der Waals surface area contributed by atoms with Crippen molar-refractivity contribution in [3.63, 3.8) is 0 Å². The van der Waals surface area contributed by atoms with E-state index in [0.717, 1.165) is 45.8 Å². The number of nitrogens with one attached hydrogen (secondary N) is 2. The van der Waals surface area contributed by atoms with Crippen LogP contribution in [0.2, 0.25) is 10.0 Å². The van der Waals surface area contributed by atoms with E-state index in [0.29, 0.717) is 21.4 Å². The molecule has 9 heteroatoms. The summed E-state index contributed by atoms with van der Waals surface area (Å²) in [6.45, 7) is 7.08. The summed E-state index contributed by atoms with van der Waals surface area (Å²) in [5.41, 5.74) is 3.75. The molecule has 0 radical (unpaired) electrons. The summed E-state index contributed by atoms with van der Waals surface area (Å²) in [6.07, 6.45) is 0.981. The number of hydrogen-bond donors (Lipinski definition) is 3. The van der Waals surface area contributed by atoms with Crippen LogP contribution in [0.25, 0.3) is 0 Å². The maximum absolute atomic E-state index is 9.99. The molecule has 1 aliphatic heterocycles. The van der Waals surface area contributed by atoms with Crippen molar-refractivity contribution in [2.24, 2.45) is 5.10 Å². The summed E-state index contributed by atoms with van der Waals surface area (Å²) >= 11 is 17.1. The van der Waals surface area contributed by atoms with Crippen molar-refractivity contribution in [3.05, 3.63) is 27.7 Å². The number of hydrogen-bond acceptors (Lipinski definition) is 5. The van der Waals surface area contributed by atoms with Crippen LogP contribution in [0.1, 0.15) is 18.9 Å². The van der Waals surface area contributed by atoms with Crippen molar-refractivity contribution in [2.45, 2.75) is 13.3 Å². The molecule has 1 aromatic carbocycles. The Labute approximate surface area is 163 Å². The highest BCUT2D eigenvalue weighted by Gasteiger charge is 2.11. The second kappa shape index (κ2) is 10.1. The van der Waals surface area contributed by atoms with Gasteiger partial charge in [-0.25, -0.2) is 0 Å². The molecule has 1 fully saturated rings. The van der Waals surface area contributed by atoms with E-state index in [1.54, 1.807) is 13.0 Å². The van der Waals surface area contributed by atoms with E-state index in [2.05, 4.69) is 20.7 Å². The van der Waals surface area contributed by atoms with Crippen molar-refractivity contribution in [3.8, 4) is 5.75 Å². The molecule has 1 saturated heterocycles. The van der Waals surface area contributed by atoms with Crippen molar-refractivity contribution < 1.29 is 9.84 Å². The van der Waals surface area contributed by atoms with Gasteiger partial charge in [0, 0.05) is 30.2 Å². The van der Waals surface area contributed by atoms with Gasteiger partial charge in [-0.2, -0.15) is 5.10 Å². The molecule has 0 atom stereocenters. The number of phenolic OH excluding ortho intramolecular Hbond substituents is 1. The standard InChI is InChI=1S/C16H22Cl2N4O2S/c1-11(13-9-12(17)10-14(18)15(13)23)20-21-16(25)19-3-2-4-22-5-7-24-8-6-22/h9-10,23H,2-8H2,1H3,(H2,19,21,25)/b20-11+. The summed E-state index contributed by atoms with van der Waals surface area (Å²) in [7, 11) is 0. The van der Waals surface area contributed by atoms with Crippen LogP contribution in [-0.2, 0) is 4.74 Å². The first-order valence-electron chi connectivity index (χ1n) is 8.04. The zero-order valence-corrected chi connectivity index (χ0v) is 16.3. The number of hydrazone groups is 1. The lowest BCUT2D eigenvalue weighted by Gasteiger charge is -2.26. The summed E-state index contributed by atoms with van der Waals surface area (Å²) in [6, 6.07) is 3.07. The Hall–Kier alpha value is -1.12. The number of rotatable bonds is 6. The third-order valence-electron chi connectivity index (χ3n) is 3.78. The predicted octanol–water partition coefficient (Wildman–Crippen LogP) is 2.61. The smallest absolute Gasteiger partial charge is 0.186 e. The highest BCUT2D eigenvalue weighted by molar-refractivity contribution is 7.80. The van der Waals surface area contributed by atoms with Crippen molar-refractivity contribution in [1.29, 1.82) is 0 Å². The fourth-order valence-corrected chi connectivity index (χ4v) is 3.05. The molecule has 25 heavy (non-hydrogen) atoms. The average Bonchev–Trinajstić information content (AvgIpc) is 2.60. The lowest BCUT2D eigenvalue weighted by Crippen LogP contribution is -2.39. The van der Waals surface area contributed by atoms with E-state index in [-0.39, 0.29) is 10.8 Å². The van der Waals surface area contributed by atoms with Crippen LogP contribution in [0.15, 0.2) is 17.2 Å². The number of ether oxygens (including phenoxy) is 1. The number of benzene rings is 1. The molecular formula is C16H22Cl2N4O2S. The highest BCUT2D eigenvalue weighted by atomic mass is 35.5. The Balaban J connectivity index is 1.75. The van der Waals surface area contributed by atoms with Crippen molar-refractivity contribution in [1.82, 2.24) is 15.6 Å². The Morgan fingerprint density at radius 3 is 2.80 bits per heavy atom. The summed E-state index contributed by atoms with van der Waals surface area (Å²) in [5, 5.41) is 18.3. The van der Waals surface area contributed by atoms with E-state index in [1.807, 2.05) is 0 Å². The van der Waals surface area contributed by atoms with E-state index in [4.69, 9.17) is 40.2 Å². The second-order valence-electron chi connectivity index (χ2n) is 5.66. The first-order chi connectivity index (χ1) is 12.0. The lowest BCUT2D eigenvalue weighted by atomic mass is 10.1. The molecule has 0 aliphatic carbocycles. The first kappa shape index (κ1) is 20.2.